The number of aliphatic hydroxyl groups excluding tert-OH is 1. The number of benzene rings is 1. The minimum Gasteiger partial charge on any atom is -0.496 e. The molecule has 1 aromatic rings. The van der Waals surface area contributed by atoms with Crippen molar-refractivity contribution in [3.05, 3.63) is 29.3 Å². The van der Waals surface area contributed by atoms with Crippen molar-refractivity contribution in [3.8, 4) is 5.75 Å². The summed E-state index contributed by atoms with van der Waals surface area (Å²) in [5, 5.41) is 9.75. The second kappa shape index (κ2) is 7.46. The van der Waals surface area contributed by atoms with Crippen molar-refractivity contribution in [2.45, 2.75) is 38.3 Å². The highest BCUT2D eigenvalue weighted by molar-refractivity contribution is 5.86. The Labute approximate surface area is 136 Å². The Bertz CT molecular complexity index is 586. The van der Waals surface area contributed by atoms with Gasteiger partial charge in [0, 0.05) is 13.0 Å². The van der Waals surface area contributed by atoms with E-state index in [9.17, 15) is 14.7 Å². The molecule has 1 amide bonds. The van der Waals surface area contributed by atoms with Crippen LogP contribution in [0, 0.1) is 6.92 Å². The number of esters is 1. The van der Waals surface area contributed by atoms with Gasteiger partial charge in [0.2, 0.25) is 5.91 Å². The Morgan fingerprint density at radius 3 is 2.70 bits per heavy atom. The van der Waals surface area contributed by atoms with E-state index in [1.54, 1.807) is 7.11 Å². The molecule has 6 nitrogen and oxygen atoms in total. The highest BCUT2D eigenvalue weighted by atomic mass is 16.5. The van der Waals surface area contributed by atoms with Gasteiger partial charge in [-0.3, -0.25) is 4.79 Å². The van der Waals surface area contributed by atoms with Gasteiger partial charge >= 0.3 is 5.97 Å². The van der Waals surface area contributed by atoms with Crippen LogP contribution in [0.3, 0.4) is 0 Å². The molecule has 1 aromatic carbocycles. The standard InChI is InChI=1S/C17H23NO5/c1-11-8-12(4-5-15(11)22-2)9-16(20)18-7-6-13(19)10-14(18)17(21)23-3/h4-5,8,13-14,19H,6-7,9-10H2,1-3H3/t13-,14+/m1/s1. The fraction of sp³-hybridized carbons (Fsp3) is 0.529. The van der Waals surface area contributed by atoms with E-state index in [0.29, 0.717) is 13.0 Å². The highest BCUT2D eigenvalue weighted by Crippen LogP contribution is 2.22. The lowest BCUT2D eigenvalue weighted by atomic mass is 9.98. The molecule has 0 saturated carbocycles. The van der Waals surface area contributed by atoms with E-state index in [1.807, 2.05) is 25.1 Å². The third kappa shape index (κ3) is 4.01. The molecule has 6 heteroatoms. The highest BCUT2D eigenvalue weighted by Gasteiger charge is 2.36. The second-order valence-corrected chi connectivity index (χ2v) is 5.79. The summed E-state index contributed by atoms with van der Waals surface area (Å²) >= 11 is 0. The Morgan fingerprint density at radius 2 is 2.09 bits per heavy atom. The molecule has 2 rings (SSSR count). The lowest BCUT2D eigenvalue weighted by Crippen LogP contribution is -2.52. The average molecular weight is 321 g/mol. The number of piperidine rings is 1. The lowest BCUT2D eigenvalue weighted by Gasteiger charge is -2.36. The number of ether oxygens (including phenoxy) is 2. The largest absolute Gasteiger partial charge is 0.496 e. The average Bonchev–Trinajstić information content (AvgIpc) is 2.54. The number of carbonyl (C=O) groups is 2. The monoisotopic (exact) mass is 321 g/mol. The molecular weight excluding hydrogens is 298 g/mol. The molecule has 0 aromatic heterocycles. The topological polar surface area (TPSA) is 76.1 Å². The molecule has 1 fully saturated rings. The number of nitrogens with zero attached hydrogens (tertiary/aromatic N) is 1. The molecule has 1 saturated heterocycles. The van der Waals surface area contributed by atoms with Gasteiger partial charge in [-0.2, -0.15) is 0 Å². The number of carbonyl (C=O) groups excluding carboxylic acids is 2. The molecule has 0 radical (unpaired) electrons. The molecule has 1 aliphatic heterocycles. The minimum absolute atomic E-state index is 0.142. The van der Waals surface area contributed by atoms with Crippen LogP contribution in [0.5, 0.6) is 5.75 Å². The first-order chi connectivity index (χ1) is 11.0. The van der Waals surface area contributed by atoms with Crippen molar-refractivity contribution in [1.29, 1.82) is 0 Å². The predicted molar refractivity (Wildman–Crippen MR) is 84.2 cm³/mol. The van der Waals surface area contributed by atoms with E-state index in [1.165, 1.54) is 12.0 Å². The fourth-order valence-electron chi connectivity index (χ4n) is 2.93. The van der Waals surface area contributed by atoms with Crippen LogP contribution in [-0.4, -0.2) is 54.8 Å². The molecule has 2 atom stereocenters. The van der Waals surface area contributed by atoms with Crippen LogP contribution < -0.4 is 4.74 Å². The summed E-state index contributed by atoms with van der Waals surface area (Å²) in [5.74, 6) is 0.148. The number of rotatable bonds is 4. The van der Waals surface area contributed by atoms with Gasteiger partial charge < -0.3 is 19.5 Å². The number of hydrogen-bond acceptors (Lipinski definition) is 5. The fourth-order valence-corrected chi connectivity index (χ4v) is 2.93. The van der Waals surface area contributed by atoms with E-state index >= 15 is 0 Å². The first kappa shape index (κ1) is 17.3. The number of aliphatic hydroxyl groups is 1. The predicted octanol–water partition coefficient (Wildman–Crippen LogP) is 1.07. The number of hydrogen-bond donors (Lipinski definition) is 1. The maximum Gasteiger partial charge on any atom is 0.328 e. The van der Waals surface area contributed by atoms with Gasteiger partial charge in [0.1, 0.15) is 11.8 Å². The summed E-state index contributed by atoms with van der Waals surface area (Å²) in [6.07, 6.45) is 0.321. The minimum atomic E-state index is -0.712. The zero-order valence-electron chi connectivity index (χ0n) is 13.7. The van der Waals surface area contributed by atoms with Gasteiger partial charge in [-0.05, 0) is 30.5 Å². The number of amides is 1. The van der Waals surface area contributed by atoms with Crippen LogP contribution in [0.2, 0.25) is 0 Å². The van der Waals surface area contributed by atoms with Crippen molar-refractivity contribution in [3.63, 3.8) is 0 Å². The number of aryl methyl sites for hydroxylation is 1. The van der Waals surface area contributed by atoms with Crippen molar-refractivity contribution in [2.75, 3.05) is 20.8 Å². The summed E-state index contributed by atoms with van der Waals surface area (Å²) in [6.45, 7) is 2.27. The smallest absolute Gasteiger partial charge is 0.328 e. The van der Waals surface area contributed by atoms with Gasteiger partial charge in [0.25, 0.3) is 0 Å². The SMILES string of the molecule is COC(=O)[C@@H]1C[C@H](O)CCN1C(=O)Cc1ccc(OC)c(C)c1. The Balaban J connectivity index is 2.11. The number of methoxy groups -OCH3 is 2. The van der Waals surface area contributed by atoms with Crippen molar-refractivity contribution in [1.82, 2.24) is 4.90 Å². The van der Waals surface area contributed by atoms with Crippen LogP contribution in [-0.2, 0) is 20.7 Å². The summed E-state index contributed by atoms with van der Waals surface area (Å²) < 4.78 is 9.97. The molecule has 126 valence electrons. The molecule has 0 unspecified atom stereocenters. The quantitative estimate of drug-likeness (QED) is 0.840. The van der Waals surface area contributed by atoms with Gasteiger partial charge in [-0.15, -0.1) is 0 Å². The molecule has 1 aliphatic rings. The molecule has 0 spiro atoms. The van der Waals surface area contributed by atoms with Gasteiger partial charge in [-0.25, -0.2) is 4.79 Å². The zero-order valence-corrected chi connectivity index (χ0v) is 13.7. The molecule has 23 heavy (non-hydrogen) atoms. The molecular formula is C17H23NO5. The van der Waals surface area contributed by atoms with E-state index in [2.05, 4.69) is 0 Å². The number of likely N-dealkylation sites (tertiary alicyclic amines) is 1. The Kier molecular flexibility index (Phi) is 5.60. The van der Waals surface area contributed by atoms with E-state index < -0.39 is 18.1 Å². The molecule has 0 bridgehead atoms. The maximum absolute atomic E-state index is 12.6. The van der Waals surface area contributed by atoms with E-state index in [0.717, 1.165) is 16.9 Å². The van der Waals surface area contributed by atoms with Crippen molar-refractivity contribution >= 4 is 11.9 Å². The summed E-state index contributed by atoms with van der Waals surface area (Å²) in [6, 6.07) is 4.87. The summed E-state index contributed by atoms with van der Waals surface area (Å²) in [4.78, 5) is 26.0. The van der Waals surface area contributed by atoms with Crippen LogP contribution in [0.1, 0.15) is 24.0 Å². The van der Waals surface area contributed by atoms with Crippen molar-refractivity contribution < 1.29 is 24.2 Å². The normalized spacial score (nSPS) is 21.0. The van der Waals surface area contributed by atoms with Crippen molar-refractivity contribution in [2.24, 2.45) is 0 Å². The van der Waals surface area contributed by atoms with Gasteiger partial charge in [-0.1, -0.05) is 12.1 Å². The van der Waals surface area contributed by atoms with Crippen LogP contribution >= 0.6 is 0 Å². The van der Waals surface area contributed by atoms with E-state index in [-0.39, 0.29) is 18.7 Å². The van der Waals surface area contributed by atoms with Gasteiger partial charge in [0.15, 0.2) is 0 Å². The first-order valence-corrected chi connectivity index (χ1v) is 7.65. The van der Waals surface area contributed by atoms with Crippen LogP contribution in [0.4, 0.5) is 0 Å². The Hall–Kier alpha value is -2.08. The molecule has 1 N–H and O–H groups in total. The van der Waals surface area contributed by atoms with E-state index in [4.69, 9.17) is 9.47 Å². The Morgan fingerprint density at radius 1 is 1.35 bits per heavy atom. The summed E-state index contributed by atoms with van der Waals surface area (Å²) in [7, 11) is 2.89. The maximum atomic E-state index is 12.6. The third-order valence-electron chi connectivity index (χ3n) is 4.18. The molecule has 1 heterocycles. The van der Waals surface area contributed by atoms with Crippen LogP contribution in [0.25, 0.3) is 0 Å². The third-order valence-corrected chi connectivity index (χ3v) is 4.18. The first-order valence-electron chi connectivity index (χ1n) is 7.65. The second-order valence-electron chi connectivity index (χ2n) is 5.79. The van der Waals surface area contributed by atoms with Crippen LogP contribution in [0.15, 0.2) is 18.2 Å². The van der Waals surface area contributed by atoms with Gasteiger partial charge in [0.05, 0.1) is 26.7 Å². The molecule has 0 aliphatic carbocycles. The lowest BCUT2D eigenvalue weighted by molar-refractivity contribution is -0.156. The zero-order chi connectivity index (χ0) is 17.0. The summed E-state index contributed by atoms with van der Waals surface area (Å²) in [5.41, 5.74) is 1.82.